The van der Waals surface area contributed by atoms with Gasteiger partial charge in [-0.1, -0.05) is 12.7 Å². The van der Waals surface area contributed by atoms with Crippen LogP contribution in [-0.4, -0.2) is 16.7 Å². The van der Waals surface area contributed by atoms with Crippen molar-refractivity contribution in [2.45, 2.75) is 0 Å². The summed E-state index contributed by atoms with van der Waals surface area (Å²) in [6.07, 6.45) is 4.71. The van der Waals surface area contributed by atoms with Crippen molar-refractivity contribution in [1.82, 2.24) is 9.97 Å². The average Bonchev–Trinajstić information content (AvgIpc) is 2.04. The Balaban J connectivity index is 3.20. The molecular weight excluding hydrogens is 126 g/mol. The zero-order valence-electron chi connectivity index (χ0n) is 5.49. The monoisotopic (exact) mass is 133 g/mol. The molecule has 0 amide bonds. The molecule has 0 aromatic carbocycles. The Hall–Kier alpha value is -1.51. The van der Waals surface area contributed by atoms with E-state index in [1.165, 1.54) is 6.33 Å². The van der Waals surface area contributed by atoms with E-state index in [-0.39, 0.29) is 0 Å². The van der Waals surface area contributed by atoms with Gasteiger partial charge in [0.2, 0.25) is 0 Å². The lowest BCUT2D eigenvalue weighted by molar-refractivity contribution is 1.15. The van der Waals surface area contributed by atoms with E-state index >= 15 is 0 Å². The first-order chi connectivity index (χ1) is 4.88. The second kappa shape index (κ2) is 2.87. The fraction of sp³-hybridized carbons (Fsp3) is 0. The predicted molar refractivity (Wildman–Crippen MR) is 41.3 cm³/mol. The van der Waals surface area contributed by atoms with E-state index in [0.717, 1.165) is 5.56 Å². The molecule has 1 aromatic heterocycles. The third-order valence-corrected chi connectivity index (χ3v) is 1.09. The number of hydrogen-bond acceptors (Lipinski definition) is 3. The highest BCUT2D eigenvalue weighted by atomic mass is 14.9. The normalized spacial score (nSPS) is 8.80. The Morgan fingerprint density at radius 3 is 2.90 bits per heavy atom. The molecule has 1 rings (SSSR count). The lowest BCUT2D eigenvalue weighted by Crippen LogP contribution is -1.80. The van der Waals surface area contributed by atoms with E-state index in [2.05, 4.69) is 28.3 Å². The molecule has 0 atom stereocenters. The van der Waals surface area contributed by atoms with Gasteiger partial charge in [0.25, 0.3) is 0 Å². The smallest absolute Gasteiger partial charge is 0.161 e. The van der Waals surface area contributed by atoms with Crippen molar-refractivity contribution >= 4 is 18.6 Å². The second-order valence-electron chi connectivity index (χ2n) is 1.66. The van der Waals surface area contributed by atoms with Crippen molar-refractivity contribution < 1.29 is 0 Å². The van der Waals surface area contributed by atoms with Gasteiger partial charge in [-0.05, 0) is 6.72 Å². The molecule has 0 aliphatic rings. The standard InChI is InChI=1S/C7H7N3/c1-3-6-4-9-5-10-7(6)8-2/h3-5H,1-2H2. The van der Waals surface area contributed by atoms with Crippen LogP contribution in [0.5, 0.6) is 0 Å². The second-order valence-corrected chi connectivity index (χ2v) is 1.66. The van der Waals surface area contributed by atoms with Crippen molar-refractivity contribution in [3.8, 4) is 0 Å². The molecule has 1 aromatic rings. The number of nitrogens with zero attached hydrogens (tertiary/aromatic N) is 3. The van der Waals surface area contributed by atoms with Crippen LogP contribution in [0.1, 0.15) is 5.56 Å². The molecule has 10 heavy (non-hydrogen) atoms. The summed E-state index contributed by atoms with van der Waals surface area (Å²) >= 11 is 0. The Kier molecular flexibility index (Phi) is 1.89. The van der Waals surface area contributed by atoms with Gasteiger partial charge < -0.3 is 0 Å². The van der Waals surface area contributed by atoms with E-state index in [0.29, 0.717) is 5.82 Å². The summed E-state index contributed by atoms with van der Waals surface area (Å²) < 4.78 is 0. The Morgan fingerprint density at radius 1 is 1.60 bits per heavy atom. The highest BCUT2D eigenvalue weighted by molar-refractivity contribution is 5.59. The zero-order valence-corrected chi connectivity index (χ0v) is 5.49. The molecule has 0 spiro atoms. The van der Waals surface area contributed by atoms with Crippen molar-refractivity contribution in [3.05, 3.63) is 24.7 Å². The minimum absolute atomic E-state index is 0.574. The molecule has 0 saturated carbocycles. The van der Waals surface area contributed by atoms with Gasteiger partial charge in [0.15, 0.2) is 5.82 Å². The first-order valence-corrected chi connectivity index (χ1v) is 2.77. The highest BCUT2D eigenvalue weighted by Crippen LogP contribution is 2.12. The van der Waals surface area contributed by atoms with E-state index in [1.54, 1.807) is 12.3 Å². The fourth-order valence-corrected chi connectivity index (χ4v) is 0.610. The zero-order chi connectivity index (χ0) is 7.40. The van der Waals surface area contributed by atoms with Crippen molar-refractivity contribution in [3.63, 3.8) is 0 Å². The molecule has 3 heteroatoms. The van der Waals surface area contributed by atoms with Crippen LogP contribution >= 0.6 is 0 Å². The van der Waals surface area contributed by atoms with E-state index < -0.39 is 0 Å². The summed E-state index contributed by atoms with van der Waals surface area (Å²) in [5.74, 6) is 0.574. The third-order valence-electron chi connectivity index (χ3n) is 1.09. The van der Waals surface area contributed by atoms with Crippen molar-refractivity contribution in [1.29, 1.82) is 0 Å². The molecule has 0 radical (unpaired) electrons. The molecule has 0 saturated heterocycles. The Morgan fingerprint density at radius 2 is 2.40 bits per heavy atom. The largest absolute Gasteiger partial charge is 0.244 e. The van der Waals surface area contributed by atoms with Gasteiger partial charge >= 0.3 is 0 Å². The van der Waals surface area contributed by atoms with Crippen LogP contribution in [0.25, 0.3) is 6.08 Å². The summed E-state index contributed by atoms with van der Waals surface area (Å²) in [6, 6.07) is 0. The lowest BCUT2D eigenvalue weighted by Gasteiger charge is -1.93. The van der Waals surface area contributed by atoms with E-state index in [4.69, 9.17) is 0 Å². The van der Waals surface area contributed by atoms with Crippen LogP contribution < -0.4 is 0 Å². The predicted octanol–water partition coefficient (Wildman–Crippen LogP) is 1.45. The van der Waals surface area contributed by atoms with Gasteiger partial charge in [-0.2, -0.15) is 0 Å². The summed E-state index contributed by atoms with van der Waals surface area (Å²) in [7, 11) is 0. The third kappa shape index (κ3) is 1.07. The maximum absolute atomic E-state index is 3.86. The molecule has 3 nitrogen and oxygen atoms in total. The van der Waals surface area contributed by atoms with Crippen LogP contribution in [0.4, 0.5) is 5.82 Å². The fourth-order valence-electron chi connectivity index (χ4n) is 0.610. The van der Waals surface area contributed by atoms with Gasteiger partial charge in [0.1, 0.15) is 6.33 Å². The van der Waals surface area contributed by atoms with Gasteiger partial charge in [0.05, 0.1) is 0 Å². The first kappa shape index (κ1) is 6.61. The molecule has 0 unspecified atom stereocenters. The summed E-state index contributed by atoms with van der Waals surface area (Å²) in [5.41, 5.74) is 0.803. The van der Waals surface area contributed by atoms with E-state index in [1.807, 2.05) is 0 Å². The van der Waals surface area contributed by atoms with Gasteiger partial charge in [-0.25, -0.2) is 15.0 Å². The average molecular weight is 133 g/mol. The number of rotatable bonds is 2. The van der Waals surface area contributed by atoms with Gasteiger partial charge in [-0.3, -0.25) is 0 Å². The maximum atomic E-state index is 3.86. The van der Waals surface area contributed by atoms with Crippen LogP contribution in [0.3, 0.4) is 0 Å². The Bertz CT molecular complexity index is 228. The summed E-state index contributed by atoms with van der Waals surface area (Å²) in [6.45, 7) is 6.92. The number of aromatic nitrogens is 2. The molecule has 0 aliphatic carbocycles. The van der Waals surface area contributed by atoms with Crippen LogP contribution in [0.2, 0.25) is 0 Å². The lowest BCUT2D eigenvalue weighted by atomic mass is 10.3. The maximum Gasteiger partial charge on any atom is 0.161 e. The van der Waals surface area contributed by atoms with Crippen LogP contribution in [0, 0.1) is 0 Å². The van der Waals surface area contributed by atoms with Crippen LogP contribution in [0.15, 0.2) is 24.1 Å². The van der Waals surface area contributed by atoms with Gasteiger partial charge in [0, 0.05) is 11.8 Å². The Labute approximate surface area is 59.2 Å². The summed E-state index contributed by atoms with van der Waals surface area (Å²) in [5, 5.41) is 0. The SMILES string of the molecule is C=Cc1cncnc1N=C. The molecule has 1 heterocycles. The van der Waals surface area contributed by atoms with E-state index in [9.17, 15) is 0 Å². The topological polar surface area (TPSA) is 38.1 Å². The van der Waals surface area contributed by atoms with Crippen LogP contribution in [-0.2, 0) is 0 Å². The van der Waals surface area contributed by atoms with Gasteiger partial charge in [-0.15, -0.1) is 0 Å². The first-order valence-electron chi connectivity index (χ1n) is 2.77. The molecule has 0 aliphatic heterocycles. The molecule has 0 fully saturated rings. The minimum atomic E-state index is 0.574. The minimum Gasteiger partial charge on any atom is -0.244 e. The molecule has 0 N–H and O–H groups in total. The number of aliphatic imine (C=N–C) groups is 1. The molecule has 50 valence electrons. The van der Waals surface area contributed by atoms with Crippen molar-refractivity contribution in [2.24, 2.45) is 4.99 Å². The molecule has 0 bridgehead atoms. The summed E-state index contributed by atoms with van der Waals surface area (Å²) in [4.78, 5) is 11.3. The quantitative estimate of drug-likeness (QED) is 0.572. The van der Waals surface area contributed by atoms with Crippen molar-refractivity contribution in [2.75, 3.05) is 0 Å². The highest BCUT2D eigenvalue weighted by Gasteiger charge is 1.93. The number of hydrogen-bond donors (Lipinski definition) is 0. The molecular formula is C7H7N3.